The summed E-state index contributed by atoms with van der Waals surface area (Å²) in [5.74, 6) is 0. The average molecular weight is 259 g/mol. The van der Waals surface area contributed by atoms with Gasteiger partial charge in [0.1, 0.15) is 0 Å². The van der Waals surface area contributed by atoms with Crippen molar-refractivity contribution in [2.75, 3.05) is 0 Å². The topological polar surface area (TPSA) is 36.7 Å². The molecular weight excluding hydrogens is 252 g/mol. The van der Waals surface area contributed by atoms with E-state index in [0.717, 1.165) is 15.7 Å². The van der Waals surface area contributed by atoms with Gasteiger partial charge in [-0.25, -0.2) is 0 Å². The highest BCUT2D eigenvalue weighted by molar-refractivity contribution is 9.10. The summed E-state index contributed by atoms with van der Waals surface area (Å²) in [6.07, 6.45) is 1.74. The molecule has 0 unspecified atom stereocenters. The van der Waals surface area contributed by atoms with E-state index in [9.17, 15) is 0 Å². The van der Waals surface area contributed by atoms with Crippen molar-refractivity contribution in [2.45, 2.75) is 0 Å². The Morgan fingerprint density at radius 2 is 2.07 bits per heavy atom. The SMILES string of the molecule is N#Cc1cccc(-c2ncccc2Br)c1. The molecule has 2 rings (SSSR count). The molecule has 0 aliphatic carbocycles. The van der Waals surface area contributed by atoms with Gasteiger partial charge >= 0.3 is 0 Å². The fourth-order valence-corrected chi connectivity index (χ4v) is 1.82. The quantitative estimate of drug-likeness (QED) is 0.787. The van der Waals surface area contributed by atoms with Crippen molar-refractivity contribution < 1.29 is 0 Å². The van der Waals surface area contributed by atoms with Crippen molar-refractivity contribution in [1.82, 2.24) is 4.98 Å². The number of hydrogen-bond donors (Lipinski definition) is 0. The minimum atomic E-state index is 0.644. The number of rotatable bonds is 1. The number of nitriles is 1. The number of halogens is 1. The van der Waals surface area contributed by atoms with Gasteiger partial charge in [-0.15, -0.1) is 0 Å². The predicted octanol–water partition coefficient (Wildman–Crippen LogP) is 3.38. The van der Waals surface area contributed by atoms with Gasteiger partial charge in [-0.1, -0.05) is 12.1 Å². The summed E-state index contributed by atoms with van der Waals surface area (Å²) in [4.78, 5) is 4.27. The van der Waals surface area contributed by atoms with E-state index in [0.29, 0.717) is 5.56 Å². The zero-order valence-electron chi connectivity index (χ0n) is 7.81. The maximum atomic E-state index is 8.80. The first-order valence-corrected chi connectivity index (χ1v) is 5.21. The van der Waals surface area contributed by atoms with Crippen LogP contribution in [0.5, 0.6) is 0 Å². The minimum absolute atomic E-state index is 0.644. The summed E-state index contributed by atoms with van der Waals surface area (Å²) in [5, 5.41) is 8.80. The fraction of sp³-hybridized carbons (Fsp3) is 0. The molecule has 0 saturated heterocycles. The molecule has 3 heteroatoms. The van der Waals surface area contributed by atoms with Crippen molar-refractivity contribution in [3.8, 4) is 17.3 Å². The van der Waals surface area contributed by atoms with Crippen molar-refractivity contribution in [1.29, 1.82) is 5.26 Å². The van der Waals surface area contributed by atoms with Gasteiger partial charge < -0.3 is 0 Å². The smallest absolute Gasteiger partial charge is 0.0991 e. The molecular formula is C12H7BrN2. The number of benzene rings is 1. The van der Waals surface area contributed by atoms with Crippen LogP contribution >= 0.6 is 15.9 Å². The number of hydrogen-bond acceptors (Lipinski definition) is 2. The lowest BCUT2D eigenvalue weighted by Gasteiger charge is -2.02. The summed E-state index contributed by atoms with van der Waals surface area (Å²) in [6, 6.07) is 13.3. The predicted molar refractivity (Wildman–Crippen MR) is 62.1 cm³/mol. The van der Waals surface area contributed by atoms with Crippen LogP contribution in [0.1, 0.15) is 5.56 Å². The van der Waals surface area contributed by atoms with E-state index in [4.69, 9.17) is 5.26 Å². The Balaban J connectivity index is 2.55. The summed E-state index contributed by atoms with van der Waals surface area (Å²) in [5.41, 5.74) is 2.45. The van der Waals surface area contributed by atoms with Crippen molar-refractivity contribution in [3.63, 3.8) is 0 Å². The molecule has 1 aromatic heterocycles. The number of pyridine rings is 1. The molecule has 1 aromatic carbocycles. The lowest BCUT2D eigenvalue weighted by atomic mass is 10.1. The van der Waals surface area contributed by atoms with Gasteiger partial charge in [0.25, 0.3) is 0 Å². The van der Waals surface area contributed by atoms with Crippen LogP contribution in [0.4, 0.5) is 0 Å². The normalized spacial score (nSPS) is 9.60. The van der Waals surface area contributed by atoms with Crippen molar-refractivity contribution in [3.05, 3.63) is 52.6 Å². The van der Waals surface area contributed by atoms with Crippen LogP contribution in [0.2, 0.25) is 0 Å². The van der Waals surface area contributed by atoms with Gasteiger partial charge in [-0.05, 0) is 40.2 Å². The molecule has 2 nitrogen and oxygen atoms in total. The van der Waals surface area contributed by atoms with Gasteiger partial charge in [-0.3, -0.25) is 4.98 Å². The lowest BCUT2D eigenvalue weighted by molar-refractivity contribution is 1.31. The summed E-state index contributed by atoms with van der Waals surface area (Å²) in [7, 11) is 0. The molecule has 72 valence electrons. The third-order valence-corrected chi connectivity index (χ3v) is 2.66. The van der Waals surface area contributed by atoms with Crippen LogP contribution in [0.3, 0.4) is 0 Å². The minimum Gasteiger partial charge on any atom is -0.255 e. The van der Waals surface area contributed by atoms with Crippen molar-refractivity contribution >= 4 is 15.9 Å². The Bertz CT molecular complexity index is 529. The third kappa shape index (κ3) is 2.05. The van der Waals surface area contributed by atoms with E-state index in [1.165, 1.54) is 0 Å². The Hall–Kier alpha value is -1.66. The van der Waals surface area contributed by atoms with Crippen LogP contribution < -0.4 is 0 Å². The lowest BCUT2D eigenvalue weighted by Crippen LogP contribution is -1.85. The van der Waals surface area contributed by atoms with Crippen LogP contribution in [-0.4, -0.2) is 4.98 Å². The van der Waals surface area contributed by atoms with Gasteiger partial charge in [0.05, 0.1) is 17.3 Å². The molecule has 0 atom stereocenters. The van der Waals surface area contributed by atoms with Crippen LogP contribution in [0.25, 0.3) is 11.3 Å². The maximum absolute atomic E-state index is 8.80. The average Bonchev–Trinajstić information content (AvgIpc) is 2.30. The highest BCUT2D eigenvalue weighted by Crippen LogP contribution is 2.25. The first-order chi connectivity index (χ1) is 7.31. The second-order valence-electron chi connectivity index (χ2n) is 3.03. The van der Waals surface area contributed by atoms with Crippen LogP contribution in [-0.2, 0) is 0 Å². The molecule has 0 aliphatic heterocycles. The second-order valence-corrected chi connectivity index (χ2v) is 3.88. The highest BCUT2D eigenvalue weighted by atomic mass is 79.9. The molecule has 1 heterocycles. The zero-order valence-corrected chi connectivity index (χ0v) is 9.40. The fourth-order valence-electron chi connectivity index (χ4n) is 1.33. The largest absolute Gasteiger partial charge is 0.255 e. The second kappa shape index (κ2) is 4.24. The van der Waals surface area contributed by atoms with Gasteiger partial charge in [-0.2, -0.15) is 5.26 Å². The molecule has 0 saturated carbocycles. The number of nitrogens with zero attached hydrogens (tertiary/aromatic N) is 2. The van der Waals surface area contributed by atoms with E-state index in [-0.39, 0.29) is 0 Å². The number of aromatic nitrogens is 1. The van der Waals surface area contributed by atoms with E-state index in [1.54, 1.807) is 12.3 Å². The Morgan fingerprint density at radius 1 is 1.20 bits per heavy atom. The first-order valence-electron chi connectivity index (χ1n) is 4.42. The Labute approximate surface area is 96.3 Å². The van der Waals surface area contributed by atoms with E-state index in [1.807, 2.05) is 30.3 Å². The molecule has 15 heavy (non-hydrogen) atoms. The van der Waals surface area contributed by atoms with E-state index >= 15 is 0 Å². The molecule has 0 fully saturated rings. The molecule has 0 amide bonds. The highest BCUT2D eigenvalue weighted by Gasteiger charge is 2.03. The molecule has 0 aliphatic rings. The monoisotopic (exact) mass is 258 g/mol. The summed E-state index contributed by atoms with van der Waals surface area (Å²) < 4.78 is 0.931. The third-order valence-electron chi connectivity index (χ3n) is 2.02. The van der Waals surface area contributed by atoms with Crippen LogP contribution in [0, 0.1) is 11.3 Å². The standard InChI is InChI=1S/C12H7BrN2/c13-11-5-2-6-15-12(11)10-4-1-3-9(7-10)8-14/h1-7H. The van der Waals surface area contributed by atoms with Gasteiger partial charge in [0.15, 0.2) is 0 Å². The molecule has 0 N–H and O–H groups in total. The zero-order chi connectivity index (χ0) is 10.7. The summed E-state index contributed by atoms with van der Waals surface area (Å²) >= 11 is 3.43. The first kappa shape index (κ1) is 9.88. The Morgan fingerprint density at radius 3 is 2.80 bits per heavy atom. The van der Waals surface area contributed by atoms with Crippen LogP contribution in [0.15, 0.2) is 47.1 Å². The maximum Gasteiger partial charge on any atom is 0.0991 e. The molecule has 2 aromatic rings. The summed E-state index contributed by atoms with van der Waals surface area (Å²) in [6.45, 7) is 0. The van der Waals surface area contributed by atoms with Gasteiger partial charge in [0, 0.05) is 16.2 Å². The van der Waals surface area contributed by atoms with E-state index < -0.39 is 0 Å². The van der Waals surface area contributed by atoms with Crippen molar-refractivity contribution in [2.24, 2.45) is 0 Å². The van der Waals surface area contributed by atoms with Gasteiger partial charge in [0.2, 0.25) is 0 Å². The molecule has 0 spiro atoms. The Kier molecular flexibility index (Phi) is 2.79. The molecule has 0 radical (unpaired) electrons. The molecule has 0 bridgehead atoms. The van der Waals surface area contributed by atoms with E-state index in [2.05, 4.69) is 27.0 Å².